The molecule has 1 fully saturated rings. The highest BCUT2D eigenvalue weighted by Gasteiger charge is 2.22. The first-order valence-electron chi connectivity index (χ1n) is 18.2. The molecule has 2 heteroatoms. The maximum absolute atomic E-state index is 2.85. The van der Waals surface area contributed by atoms with Crippen molar-refractivity contribution < 1.29 is 0 Å². The van der Waals surface area contributed by atoms with E-state index in [0.29, 0.717) is 0 Å². The number of unbranched alkanes of at least 4 members (excludes halogenated alkanes) is 16. The minimum Gasteiger partial charge on any atom is -0.301 e. The molecule has 0 bridgehead atoms. The molecule has 1 aliphatic rings. The van der Waals surface area contributed by atoms with Gasteiger partial charge in [0.2, 0.25) is 0 Å². The van der Waals surface area contributed by atoms with E-state index >= 15 is 0 Å². The third-order valence-corrected chi connectivity index (χ3v) is 9.36. The fourth-order valence-corrected chi connectivity index (χ4v) is 6.68. The Morgan fingerprint density at radius 3 is 0.868 bits per heavy atom. The van der Waals surface area contributed by atoms with Gasteiger partial charge >= 0.3 is 0 Å². The van der Waals surface area contributed by atoms with Gasteiger partial charge in [0.25, 0.3) is 0 Å². The molecule has 0 amide bonds. The summed E-state index contributed by atoms with van der Waals surface area (Å²) in [6, 6.07) is 0. The lowest BCUT2D eigenvalue weighted by molar-refractivity contribution is 0.0977. The van der Waals surface area contributed by atoms with E-state index in [9.17, 15) is 0 Å². The second kappa shape index (κ2) is 27.1. The molecule has 0 saturated carbocycles. The molecule has 0 aliphatic carbocycles. The Balaban J connectivity index is 2.40. The first-order valence-corrected chi connectivity index (χ1v) is 18.2. The molecule has 1 aliphatic heterocycles. The Morgan fingerprint density at radius 2 is 0.579 bits per heavy atom. The highest BCUT2D eigenvalue weighted by molar-refractivity contribution is 4.77. The van der Waals surface area contributed by atoms with Crippen LogP contribution in [0, 0.1) is 11.8 Å². The van der Waals surface area contributed by atoms with E-state index in [-0.39, 0.29) is 0 Å². The highest BCUT2D eigenvalue weighted by atomic mass is 15.3. The van der Waals surface area contributed by atoms with Crippen molar-refractivity contribution in [2.75, 3.05) is 39.3 Å². The monoisotopic (exact) mass is 535 g/mol. The summed E-state index contributed by atoms with van der Waals surface area (Å²) in [5, 5.41) is 0. The standard InChI is InChI=1S/C36H74N2/c1-5-9-13-17-19-23-27-35(25-21-15-11-7-3)33-37-29-31-38(32-30-37)34-36(26-22-16-12-8-4)28-24-20-18-14-10-6-2/h35-36H,5-34H2,1-4H3. The zero-order valence-electron chi connectivity index (χ0n) is 27.3. The third-order valence-electron chi connectivity index (χ3n) is 9.36. The van der Waals surface area contributed by atoms with Gasteiger partial charge in [0, 0.05) is 39.3 Å². The summed E-state index contributed by atoms with van der Waals surface area (Å²) < 4.78 is 0. The average Bonchev–Trinajstić information content (AvgIpc) is 2.93. The van der Waals surface area contributed by atoms with Gasteiger partial charge in [-0.05, 0) is 37.5 Å². The largest absolute Gasteiger partial charge is 0.301 e. The van der Waals surface area contributed by atoms with E-state index in [1.54, 1.807) is 0 Å². The molecule has 0 spiro atoms. The molecule has 1 rings (SSSR count). The van der Waals surface area contributed by atoms with E-state index in [0.717, 1.165) is 11.8 Å². The van der Waals surface area contributed by atoms with Crippen molar-refractivity contribution in [1.82, 2.24) is 9.80 Å². The minimum absolute atomic E-state index is 0.948. The predicted molar refractivity (Wildman–Crippen MR) is 173 cm³/mol. The van der Waals surface area contributed by atoms with Crippen LogP contribution in [0.3, 0.4) is 0 Å². The Bertz CT molecular complexity index is 414. The average molecular weight is 535 g/mol. The Hall–Kier alpha value is -0.0800. The Kier molecular flexibility index (Phi) is 25.6. The molecular weight excluding hydrogens is 460 g/mol. The van der Waals surface area contributed by atoms with Crippen molar-refractivity contribution in [3.63, 3.8) is 0 Å². The van der Waals surface area contributed by atoms with Crippen molar-refractivity contribution in [3.8, 4) is 0 Å². The molecular formula is C36H74N2. The van der Waals surface area contributed by atoms with Crippen molar-refractivity contribution >= 4 is 0 Å². The summed E-state index contributed by atoms with van der Waals surface area (Å²) in [4.78, 5) is 5.70. The molecule has 2 unspecified atom stereocenters. The molecule has 0 aromatic heterocycles. The molecule has 1 saturated heterocycles. The third kappa shape index (κ3) is 20.8. The first-order chi connectivity index (χ1) is 18.7. The van der Waals surface area contributed by atoms with Crippen LogP contribution in [0.25, 0.3) is 0 Å². The van der Waals surface area contributed by atoms with E-state index < -0.39 is 0 Å². The van der Waals surface area contributed by atoms with E-state index in [1.807, 2.05) is 0 Å². The summed E-state index contributed by atoms with van der Waals surface area (Å²) in [7, 11) is 0. The normalized spacial score (nSPS) is 16.7. The smallest absolute Gasteiger partial charge is 0.0110 e. The van der Waals surface area contributed by atoms with Crippen LogP contribution in [-0.2, 0) is 0 Å². The van der Waals surface area contributed by atoms with Crippen LogP contribution >= 0.6 is 0 Å². The van der Waals surface area contributed by atoms with Gasteiger partial charge < -0.3 is 9.80 Å². The minimum atomic E-state index is 0.948. The van der Waals surface area contributed by atoms with Gasteiger partial charge in [-0.2, -0.15) is 0 Å². The van der Waals surface area contributed by atoms with E-state index in [1.165, 1.54) is 193 Å². The van der Waals surface area contributed by atoms with Crippen LogP contribution in [0.1, 0.15) is 182 Å². The van der Waals surface area contributed by atoms with Crippen molar-refractivity contribution in [1.29, 1.82) is 0 Å². The van der Waals surface area contributed by atoms with Crippen LogP contribution in [0.15, 0.2) is 0 Å². The van der Waals surface area contributed by atoms with Gasteiger partial charge in [-0.25, -0.2) is 0 Å². The first kappa shape index (κ1) is 35.9. The fraction of sp³-hybridized carbons (Fsp3) is 1.00. The summed E-state index contributed by atoms with van der Waals surface area (Å²) in [5.74, 6) is 1.90. The fourth-order valence-electron chi connectivity index (χ4n) is 6.68. The zero-order valence-corrected chi connectivity index (χ0v) is 27.3. The number of piperazine rings is 1. The lowest BCUT2D eigenvalue weighted by atomic mass is 9.93. The second-order valence-corrected chi connectivity index (χ2v) is 13.1. The number of hydrogen-bond donors (Lipinski definition) is 0. The molecule has 0 aromatic rings. The van der Waals surface area contributed by atoms with Crippen molar-refractivity contribution in [2.24, 2.45) is 11.8 Å². The number of nitrogens with zero attached hydrogens (tertiary/aromatic N) is 2. The lowest BCUT2D eigenvalue weighted by Gasteiger charge is -2.38. The van der Waals surface area contributed by atoms with Gasteiger partial charge in [-0.1, -0.05) is 156 Å². The summed E-state index contributed by atoms with van der Waals surface area (Å²) in [6.45, 7) is 17.4. The SMILES string of the molecule is CCCCCCCCC(CCCCCC)CN1CCN(CC(CCCCCC)CCCCCCCC)CC1. The van der Waals surface area contributed by atoms with Crippen LogP contribution in [0.2, 0.25) is 0 Å². The second-order valence-electron chi connectivity index (χ2n) is 13.1. The Labute approximate surface area is 242 Å². The summed E-state index contributed by atoms with van der Waals surface area (Å²) in [6.07, 6.45) is 34.7. The molecule has 2 nitrogen and oxygen atoms in total. The molecule has 0 aromatic carbocycles. The van der Waals surface area contributed by atoms with Crippen LogP contribution in [0.4, 0.5) is 0 Å². The molecule has 0 radical (unpaired) electrons. The van der Waals surface area contributed by atoms with Crippen molar-refractivity contribution in [3.05, 3.63) is 0 Å². The molecule has 38 heavy (non-hydrogen) atoms. The number of hydrogen-bond acceptors (Lipinski definition) is 2. The molecule has 228 valence electrons. The van der Waals surface area contributed by atoms with Gasteiger partial charge in [-0.3, -0.25) is 0 Å². The van der Waals surface area contributed by atoms with Gasteiger partial charge in [0.05, 0.1) is 0 Å². The highest BCUT2D eigenvalue weighted by Crippen LogP contribution is 2.23. The summed E-state index contributed by atoms with van der Waals surface area (Å²) in [5.41, 5.74) is 0. The van der Waals surface area contributed by atoms with E-state index in [2.05, 4.69) is 37.5 Å². The molecule has 2 atom stereocenters. The van der Waals surface area contributed by atoms with Crippen LogP contribution in [0.5, 0.6) is 0 Å². The summed E-state index contributed by atoms with van der Waals surface area (Å²) >= 11 is 0. The van der Waals surface area contributed by atoms with Gasteiger partial charge in [0.1, 0.15) is 0 Å². The van der Waals surface area contributed by atoms with Crippen LogP contribution in [-0.4, -0.2) is 49.1 Å². The topological polar surface area (TPSA) is 6.48 Å². The lowest BCUT2D eigenvalue weighted by Crippen LogP contribution is -2.49. The van der Waals surface area contributed by atoms with Gasteiger partial charge in [0.15, 0.2) is 0 Å². The quantitative estimate of drug-likeness (QED) is 0.0921. The van der Waals surface area contributed by atoms with Gasteiger partial charge in [-0.15, -0.1) is 0 Å². The van der Waals surface area contributed by atoms with E-state index in [4.69, 9.17) is 0 Å². The zero-order chi connectivity index (χ0) is 27.5. The Morgan fingerprint density at radius 1 is 0.342 bits per heavy atom. The van der Waals surface area contributed by atoms with Crippen LogP contribution < -0.4 is 0 Å². The van der Waals surface area contributed by atoms with Crippen molar-refractivity contribution in [2.45, 2.75) is 182 Å². The maximum Gasteiger partial charge on any atom is 0.0110 e. The number of rotatable bonds is 28. The molecule has 1 heterocycles. The molecule has 0 N–H and O–H groups in total. The predicted octanol–water partition coefficient (Wildman–Crippen LogP) is 11.3. The maximum atomic E-state index is 2.85.